The number of hydrogen-bond donors (Lipinski definition) is 1. The van der Waals surface area contributed by atoms with E-state index in [1.54, 1.807) is 18.5 Å². The molecule has 1 heterocycles. The number of carbonyl (C=O) groups excluding carboxylic acids is 1. The van der Waals surface area contributed by atoms with Gasteiger partial charge in [-0.25, -0.2) is 5.48 Å². The SMILES string of the molecule is O=C(NOCc1ccccc1)c1ccccc1-c1cccnc1. The van der Waals surface area contributed by atoms with Crippen molar-refractivity contribution in [1.29, 1.82) is 0 Å². The molecule has 4 nitrogen and oxygen atoms in total. The number of aromatic nitrogens is 1. The van der Waals surface area contributed by atoms with E-state index in [9.17, 15) is 4.79 Å². The Labute approximate surface area is 134 Å². The van der Waals surface area contributed by atoms with Crippen LogP contribution in [0.25, 0.3) is 11.1 Å². The van der Waals surface area contributed by atoms with Crippen LogP contribution in [0.1, 0.15) is 15.9 Å². The van der Waals surface area contributed by atoms with Gasteiger partial charge in [-0.3, -0.25) is 14.6 Å². The standard InChI is InChI=1S/C19H16N2O2/c22-19(21-23-14-15-7-2-1-3-8-15)18-11-5-4-10-17(18)16-9-6-12-20-13-16/h1-13H,14H2,(H,21,22). The zero-order valence-electron chi connectivity index (χ0n) is 12.5. The minimum absolute atomic E-state index is 0.277. The van der Waals surface area contributed by atoms with Crippen molar-refractivity contribution in [3.8, 4) is 11.1 Å². The smallest absolute Gasteiger partial charge is 0.269 e. The zero-order chi connectivity index (χ0) is 15.9. The van der Waals surface area contributed by atoms with E-state index in [4.69, 9.17) is 4.84 Å². The van der Waals surface area contributed by atoms with E-state index in [0.717, 1.165) is 16.7 Å². The molecule has 0 atom stereocenters. The fourth-order valence-electron chi connectivity index (χ4n) is 2.27. The highest BCUT2D eigenvalue weighted by molar-refractivity contribution is 6.00. The first-order chi connectivity index (χ1) is 11.3. The second-order valence-corrected chi connectivity index (χ2v) is 4.99. The second kappa shape index (κ2) is 7.33. The molecule has 0 spiro atoms. The molecule has 4 heteroatoms. The maximum Gasteiger partial charge on any atom is 0.275 e. The van der Waals surface area contributed by atoms with E-state index in [1.165, 1.54) is 0 Å². The summed E-state index contributed by atoms with van der Waals surface area (Å²) in [5.74, 6) is -0.277. The zero-order valence-corrected chi connectivity index (χ0v) is 12.5. The molecule has 0 saturated carbocycles. The summed E-state index contributed by atoms with van der Waals surface area (Å²) in [6.07, 6.45) is 3.44. The Hall–Kier alpha value is -2.98. The van der Waals surface area contributed by atoms with Gasteiger partial charge in [-0.15, -0.1) is 0 Å². The van der Waals surface area contributed by atoms with E-state index in [2.05, 4.69) is 10.5 Å². The van der Waals surface area contributed by atoms with Gasteiger partial charge in [0.15, 0.2) is 0 Å². The fraction of sp³-hybridized carbons (Fsp3) is 0.0526. The molecular weight excluding hydrogens is 288 g/mol. The Morgan fingerprint density at radius 2 is 1.74 bits per heavy atom. The summed E-state index contributed by atoms with van der Waals surface area (Å²) in [6.45, 7) is 0.321. The minimum Gasteiger partial charge on any atom is -0.269 e. The normalized spacial score (nSPS) is 10.3. The number of benzene rings is 2. The molecule has 3 aromatic rings. The average Bonchev–Trinajstić information content (AvgIpc) is 2.63. The summed E-state index contributed by atoms with van der Waals surface area (Å²) in [4.78, 5) is 21.8. The van der Waals surface area contributed by atoms with Gasteiger partial charge in [0, 0.05) is 23.5 Å². The third kappa shape index (κ3) is 3.81. The van der Waals surface area contributed by atoms with Crippen molar-refractivity contribution in [3.05, 3.63) is 90.3 Å². The number of hydrogen-bond acceptors (Lipinski definition) is 3. The van der Waals surface area contributed by atoms with Crippen molar-refractivity contribution < 1.29 is 9.63 Å². The highest BCUT2D eigenvalue weighted by Gasteiger charge is 2.12. The van der Waals surface area contributed by atoms with E-state index in [-0.39, 0.29) is 5.91 Å². The van der Waals surface area contributed by atoms with Gasteiger partial charge in [0.1, 0.15) is 0 Å². The summed E-state index contributed by atoms with van der Waals surface area (Å²) in [6, 6.07) is 20.8. The van der Waals surface area contributed by atoms with Crippen molar-refractivity contribution in [3.63, 3.8) is 0 Å². The van der Waals surface area contributed by atoms with Crippen molar-refractivity contribution in [2.24, 2.45) is 0 Å². The average molecular weight is 304 g/mol. The van der Waals surface area contributed by atoms with Gasteiger partial charge in [-0.05, 0) is 23.3 Å². The number of amides is 1. The second-order valence-electron chi connectivity index (χ2n) is 4.99. The summed E-state index contributed by atoms with van der Waals surface area (Å²) >= 11 is 0. The van der Waals surface area contributed by atoms with Crippen LogP contribution < -0.4 is 5.48 Å². The van der Waals surface area contributed by atoms with Gasteiger partial charge in [-0.1, -0.05) is 54.6 Å². The maximum absolute atomic E-state index is 12.4. The molecule has 0 bridgehead atoms. The molecule has 0 fully saturated rings. The van der Waals surface area contributed by atoms with E-state index < -0.39 is 0 Å². The number of hydroxylamine groups is 1. The van der Waals surface area contributed by atoms with Gasteiger partial charge < -0.3 is 0 Å². The molecular formula is C19H16N2O2. The number of nitrogens with zero attached hydrogens (tertiary/aromatic N) is 1. The third-order valence-electron chi connectivity index (χ3n) is 3.39. The molecule has 1 aromatic heterocycles. The lowest BCUT2D eigenvalue weighted by Crippen LogP contribution is -2.24. The topological polar surface area (TPSA) is 51.2 Å². The molecule has 1 N–H and O–H groups in total. The fourth-order valence-corrected chi connectivity index (χ4v) is 2.27. The molecule has 0 aliphatic heterocycles. The predicted molar refractivity (Wildman–Crippen MR) is 88.4 cm³/mol. The summed E-state index contributed by atoms with van der Waals surface area (Å²) in [7, 11) is 0. The molecule has 23 heavy (non-hydrogen) atoms. The van der Waals surface area contributed by atoms with E-state index in [0.29, 0.717) is 12.2 Å². The van der Waals surface area contributed by atoms with Gasteiger partial charge >= 0.3 is 0 Å². The first kappa shape index (κ1) is 14.9. The van der Waals surface area contributed by atoms with Gasteiger partial charge in [0.05, 0.1) is 6.61 Å². The largest absolute Gasteiger partial charge is 0.275 e. The Morgan fingerprint density at radius 3 is 2.52 bits per heavy atom. The first-order valence-corrected chi connectivity index (χ1v) is 7.30. The Kier molecular flexibility index (Phi) is 4.76. The van der Waals surface area contributed by atoms with Crippen LogP contribution in [0.2, 0.25) is 0 Å². The molecule has 1 amide bonds. The predicted octanol–water partition coefficient (Wildman–Crippen LogP) is 3.61. The lowest BCUT2D eigenvalue weighted by molar-refractivity contribution is 0.0234. The molecule has 0 unspecified atom stereocenters. The Morgan fingerprint density at radius 1 is 0.957 bits per heavy atom. The van der Waals surface area contributed by atoms with Crippen LogP contribution in [0.4, 0.5) is 0 Å². The molecule has 114 valence electrons. The highest BCUT2D eigenvalue weighted by Crippen LogP contribution is 2.22. The van der Waals surface area contributed by atoms with Gasteiger partial charge in [0.25, 0.3) is 5.91 Å². The van der Waals surface area contributed by atoms with Crippen LogP contribution in [0.3, 0.4) is 0 Å². The molecule has 0 radical (unpaired) electrons. The Bertz CT molecular complexity index is 774. The maximum atomic E-state index is 12.4. The van der Waals surface area contributed by atoms with Gasteiger partial charge in [-0.2, -0.15) is 0 Å². The minimum atomic E-state index is -0.277. The van der Waals surface area contributed by atoms with E-state index in [1.807, 2.05) is 60.7 Å². The van der Waals surface area contributed by atoms with Crippen LogP contribution in [0.5, 0.6) is 0 Å². The summed E-state index contributed by atoms with van der Waals surface area (Å²) in [5, 5.41) is 0. The molecule has 0 saturated heterocycles. The number of carbonyl (C=O) groups is 1. The van der Waals surface area contributed by atoms with Crippen LogP contribution in [-0.4, -0.2) is 10.9 Å². The van der Waals surface area contributed by atoms with Crippen LogP contribution in [-0.2, 0) is 11.4 Å². The lowest BCUT2D eigenvalue weighted by atomic mass is 10.0. The van der Waals surface area contributed by atoms with Crippen molar-refractivity contribution in [2.75, 3.05) is 0 Å². The van der Waals surface area contributed by atoms with E-state index >= 15 is 0 Å². The molecule has 2 aromatic carbocycles. The highest BCUT2D eigenvalue weighted by atomic mass is 16.6. The van der Waals surface area contributed by atoms with Crippen LogP contribution in [0.15, 0.2) is 79.1 Å². The number of pyridine rings is 1. The molecule has 3 rings (SSSR count). The quantitative estimate of drug-likeness (QED) is 0.733. The number of nitrogens with one attached hydrogen (secondary N) is 1. The van der Waals surface area contributed by atoms with Crippen molar-refractivity contribution in [2.45, 2.75) is 6.61 Å². The molecule has 0 aliphatic rings. The van der Waals surface area contributed by atoms with Crippen LogP contribution >= 0.6 is 0 Å². The van der Waals surface area contributed by atoms with Gasteiger partial charge in [0.2, 0.25) is 0 Å². The summed E-state index contributed by atoms with van der Waals surface area (Å²) < 4.78 is 0. The monoisotopic (exact) mass is 304 g/mol. The Balaban J connectivity index is 1.70. The summed E-state index contributed by atoms with van der Waals surface area (Å²) in [5.41, 5.74) is 5.75. The lowest BCUT2D eigenvalue weighted by Gasteiger charge is -2.10. The number of rotatable bonds is 5. The van der Waals surface area contributed by atoms with Crippen LogP contribution in [0, 0.1) is 0 Å². The van der Waals surface area contributed by atoms with Crippen molar-refractivity contribution >= 4 is 5.91 Å². The first-order valence-electron chi connectivity index (χ1n) is 7.30. The van der Waals surface area contributed by atoms with Crippen molar-refractivity contribution in [1.82, 2.24) is 10.5 Å². The third-order valence-corrected chi connectivity index (χ3v) is 3.39. The molecule has 0 aliphatic carbocycles.